The monoisotopic (exact) mass is 631 g/mol. The third kappa shape index (κ3) is 6.21. The Balaban J connectivity index is 1.44. The van der Waals surface area contributed by atoms with Crippen LogP contribution in [0, 0.1) is 13.7 Å². The Hall–Kier alpha value is -4.04. The smallest absolute Gasteiger partial charge is 0.335 e. The fourth-order valence-corrected chi connectivity index (χ4v) is 5.09. The van der Waals surface area contributed by atoms with Crippen molar-refractivity contribution in [3.63, 3.8) is 0 Å². The average molecular weight is 631 g/mol. The van der Waals surface area contributed by atoms with E-state index >= 15 is 0 Å². The summed E-state index contributed by atoms with van der Waals surface area (Å²) in [7, 11) is 1.50. The first-order valence-electron chi connectivity index (χ1n) is 10.6. The minimum absolute atomic E-state index is 0.0416. The highest BCUT2D eigenvalue weighted by Crippen LogP contribution is 2.34. The Kier molecular flexibility index (Phi) is 7.98. The van der Waals surface area contributed by atoms with E-state index in [0.717, 1.165) is 8.27 Å². The molecule has 188 valence electrons. The maximum Gasteiger partial charge on any atom is 0.335 e. The predicted molar refractivity (Wildman–Crippen MR) is 147 cm³/mol. The molecule has 37 heavy (non-hydrogen) atoms. The lowest BCUT2D eigenvalue weighted by Gasteiger charge is -2.14. The van der Waals surface area contributed by atoms with Gasteiger partial charge in [0, 0.05) is 22.2 Å². The molecule has 1 aromatic heterocycles. The second-order valence-electron chi connectivity index (χ2n) is 7.62. The van der Waals surface area contributed by atoms with Crippen LogP contribution in [0.4, 0.5) is 5.69 Å². The largest absolute Gasteiger partial charge is 0.493 e. The maximum absolute atomic E-state index is 12.5. The molecule has 0 aliphatic rings. The van der Waals surface area contributed by atoms with Crippen LogP contribution >= 0.6 is 33.9 Å². The molecule has 0 fully saturated rings. The van der Waals surface area contributed by atoms with Gasteiger partial charge in [-0.2, -0.15) is 5.10 Å². The van der Waals surface area contributed by atoms with Crippen LogP contribution in [0.1, 0.15) is 31.2 Å². The molecule has 4 rings (SSSR count). The average Bonchev–Trinajstić information content (AvgIpc) is 3.31. The summed E-state index contributed by atoms with van der Waals surface area (Å²) in [4.78, 5) is 34.6. The molecule has 0 saturated heterocycles. The molecule has 3 aromatic carbocycles. The van der Waals surface area contributed by atoms with E-state index in [1.807, 2.05) is 0 Å². The van der Waals surface area contributed by atoms with Gasteiger partial charge < -0.3 is 14.6 Å². The van der Waals surface area contributed by atoms with Gasteiger partial charge in [0.2, 0.25) is 0 Å². The highest BCUT2D eigenvalue weighted by molar-refractivity contribution is 14.1. The predicted octanol–water partition coefficient (Wildman–Crippen LogP) is 5.46. The van der Waals surface area contributed by atoms with Gasteiger partial charge in [0.25, 0.3) is 11.6 Å². The molecule has 4 aromatic rings. The molecule has 0 aliphatic heterocycles. The van der Waals surface area contributed by atoms with E-state index in [1.54, 1.807) is 42.5 Å². The Morgan fingerprint density at radius 2 is 2.00 bits per heavy atom. The van der Waals surface area contributed by atoms with Crippen molar-refractivity contribution < 1.29 is 29.1 Å². The Bertz CT molecular complexity index is 1550. The van der Waals surface area contributed by atoms with Crippen LogP contribution in [-0.2, 0) is 6.61 Å². The number of carboxylic acids is 1. The number of carbonyl (C=O) groups is 2. The van der Waals surface area contributed by atoms with Crippen molar-refractivity contribution in [1.82, 2.24) is 5.43 Å². The van der Waals surface area contributed by atoms with E-state index in [4.69, 9.17) is 14.6 Å². The number of fused-ring (bicyclic) bond motifs is 1. The molecule has 1 amide bonds. The van der Waals surface area contributed by atoms with Crippen LogP contribution in [-0.4, -0.2) is 35.2 Å². The fraction of sp³-hybridized carbons (Fsp3) is 0.0800. The number of amides is 1. The molecular weight excluding hydrogens is 613 g/mol. The van der Waals surface area contributed by atoms with Crippen LogP contribution in [0.25, 0.3) is 10.1 Å². The van der Waals surface area contributed by atoms with Crippen molar-refractivity contribution in [3.8, 4) is 11.5 Å². The molecule has 1 heterocycles. The summed E-state index contributed by atoms with van der Waals surface area (Å²) in [6, 6.07) is 16.0. The molecule has 0 aliphatic carbocycles. The first-order valence-corrected chi connectivity index (χ1v) is 12.5. The minimum atomic E-state index is -1.01. The van der Waals surface area contributed by atoms with Gasteiger partial charge in [0.05, 0.1) is 32.3 Å². The lowest BCUT2D eigenvalue weighted by Crippen LogP contribution is -2.16. The molecule has 0 atom stereocenters. The van der Waals surface area contributed by atoms with Crippen LogP contribution < -0.4 is 14.9 Å². The molecule has 0 spiro atoms. The highest BCUT2D eigenvalue weighted by Gasteiger charge is 2.14. The van der Waals surface area contributed by atoms with E-state index < -0.39 is 16.8 Å². The van der Waals surface area contributed by atoms with Crippen molar-refractivity contribution in [3.05, 3.63) is 95.9 Å². The van der Waals surface area contributed by atoms with Crippen molar-refractivity contribution in [2.24, 2.45) is 5.10 Å². The fourth-order valence-electron chi connectivity index (χ4n) is 3.38. The lowest BCUT2D eigenvalue weighted by atomic mass is 10.1. The number of aromatic carboxylic acids is 1. The zero-order chi connectivity index (χ0) is 26.5. The van der Waals surface area contributed by atoms with E-state index in [2.05, 4.69) is 33.1 Å². The normalized spacial score (nSPS) is 11.0. The number of non-ortho nitro benzene ring substituents is 1. The van der Waals surface area contributed by atoms with Crippen molar-refractivity contribution in [2.45, 2.75) is 6.61 Å². The molecule has 0 saturated carbocycles. The zero-order valence-corrected chi connectivity index (χ0v) is 22.1. The van der Waals surface area contributed by atoms with E-state index in [9.17, 15) is 19.7 Å². The van der Waals surface area contributed by atoms with Gasteiger partial charge in [-0.05, 0) is 70.1 Å². The van der Waals surface area contributed by atoms with E-state index in [0.29, 0.717) is 32.9 Å². The Morgan fingerprint density at radius 3 is 2.73 bits per heavy atom. The lowest BCUT2D eigenvalue weighted by molar-refractivity contribution is -0.384. The maximum atomic E-state index is 12.5. The molecular formula is C25H18IN3O7S. The summed E-state index contributed by atoms with van der Waals surface area (Å²) in [6.07, 6.45) is 1.46. The molecule has 0 radical (unpaired) electrons. The number of nitrogens with zero attached hydrogens (tertiary/aromatic N) is 2. The second-order valence-corrected chi connectivity index (χ2v) is 9.86. The highest BCUT2D eigenvalue weighted by atomic mass is 127. The number of carboxylic acid groups (broad SMARTS) is 1. The number of methoxy groups -OCH3 is 1. The van der Waals surface area contributed by atoms with Gasteiger partial charge in [-0.15, -0.1) is 11.3 Å². The van der Waals surface area contributed by atoms with Gasteiger partial charge in [0.1, 0.15) is 6.61 Å². The van der Waals surface area contributed by atoms with Crippen LogP contribution in [0.3, 0.4) is 0 Å². The number of hydrogen-bond acceptors (Lipinski definition) is 8. The van der Waals surface area contributed by atoms with Crippen LogP contribution in [0.5, 0.6) is 11.5 Å². The van der Waals surface area contributed by atoms with Gasteiger partial charge in [-0.1, -0.05) is 12.1 Å². The number of carbonyl (C=O) groups excluding carboxylic acids is 1. The van der Waals surface area contributed by atoms with E-state index in [-0.39, 0.29) is 17.9 Å². The first-order chi connectivity index (χ1) is 17.7. The SMILES string of the molecule is COc1cc(/C=N\NC(=O)c2cc3cc([N+](=O)[O-])ccc3s2)cc(I)c1OCc1cccc(C(=O)O)c1. The topological polar surface area (TPSA) is 140 Å². The zero-order valence-electron chi connectivity index (χ0n) is 19.1. The van der Waals surface area contributed by atoms with Crippen molar-refractivity contribution in [1.29, 1.82) is 0 Å². The summed E-state index contributed by atoms with van der Waals surface area (Å²) in [5, 5.41) is 24.7. The number of nitro benzene ring substituents is 1. The summed E-state index contributed by atoms with van der Waals surface area (Å²) in [5.41, 5.74) is 3.94. The van der Waals surface area contributed by atoms with Gasteiger partial charge >= 0.3 is 5.97 Å². The number of hydrogen-bond donors (Lipinski definition) is 2. The number of halogens is 1. The summed E-state index contributed by atoms with van der Waals surface area (Å²) in [6.45, 7) is 0.148. The number of hydrazone groups is 1. The molecule has 2 N–H and O–H groups in total. The van der Waals surface area contributed by atoms with Gasteiger partial charge in [-0.3, -0.25) is 14.9 Å². The van der Waals surface area contributed by atoms with Gasteiger partial charge in [-0.25, -0.2) is 10.2 Å². The summed E-state index contributed by atoms with van der Waals surface area (Å²) in [5.74, 6) is -0.518. The van der Waals surface area contributed by atoms with Gasteiger partial charge in [0.15, 0.2) is 11.5 Å². The quantitative estimate of drug-likeness (QED) is 0.108. The number of nitrogens with one attached hydrogen (secondary N) is 1. The number of thiophene rings is 1. The number of nitro groups is 1. The first kappa shape index (κ1) is 26.0. The number of benzene rings is 3. The molecule has 0 bridgehead atoms. The Labute approximate surface area is 227 Å². The van der Waals surface area contributed by atoms with Crippen LogP contribution in [0.15, 0.2) is 65.8 Å². The third-order valence-electron chi connectivity index (χ3n) is 5.12. The van der Waals surface area contributed by atoms with Crippen molar-refractivity contribution in [2.75, 3.05) is 7.11 Å². The molecule has 12 heteroatoms. The summed E-state index contributed by atoms with van der Waals surface area (Å²) < 4.78 is 12.8. The second kappa shape index (κ2) is 11.3. The molecule has 0 unspecified atom stereocenters. The molecule has 10 nitrogen and oxygen atoms in total. The van der Waals surface area contributed by atoms with Crippen molar-refractivity contribution >= 4 is 67.8 Å². The minimum Gasteiger partial charge on any atom is -0.493 e. The number of rotatable bonds is 9. The summed E-state index contributed by atoms with van der Waals surface area (Å²) >= 11 is 3.30. The number of ether oxygens (including phenoxy) is 2. The standard InChI is InChI=1S/C25H18IN3O7S/c1-35-20-9-15(8-19(26)23(20)36-13-14-3-2-4-16(7-14)25(31)32)12-27-28-24(30)22-11-17-10-18(29(33)34)5-6-21(17)37-22/h2-12H,13H2,1H3,(H,28,30)(H,31,32)/b27-12-. The van der Waals surface area contributed by atoms with E-state index in [1.165, 1.54) is 42.9 Å². The van der Waals surface area contributed by atoms with Crippen LogP contribution in [0.2, 0.25) is 0 Å². The third-order valence-corrected chi connectivity index (χ3v) is 7.04. The Morgan fingerprint density at radius 1 is 1.19 bits per heavy atom.